The van der Waals surface area contributed by atoms with Crippen LogP contribution in [0.3, 0.4) is 0 Å². The zero-order valence-electron chi connectivity index (χ0n) is 13.9. The van der Waals surface area contributed by atoms with Gasteiger partial charge < -0.3 is 14.6 Å². The summed E-state index contributed by atoms with van der Waals surface area (Å²) >= 11 is 0. The van der Waals surface area contributed by atoms with E-state index in [9.17, 15) is 14.7 Å². The van der Waals surface area contributed by atoms with Crippen molar-refractivity contribution >= 4 is 17.7 Å². The molecule has 23 heavy (non-hydrogen) atoms. The fraction of sp³-hybridized carbons (Fsp3) is 0.529. The predicted octanol–water partition coefficient (Wildman–Crippen LogP) is 3.55. The molecule has 1 aliphatic carbocycles. The molecule has 1 aromatic carbocycles. The number of ether oxygens (including phenoxy) is 2. The van der Waals surface area contributed by atoms with E-state index in [4.69, 9.17) is 9.47 Å². The lowest BCUT2D eigenvalue weighted by molar-refractivity contribution is -0.147. The third-order valence-corrected chi connectivity index (χ3v) is 4.01. The molecule has 1 saturated carbocycles. The number of benzene rings is 1. The summed E-state index contributed by atoms with van der Waals surface area (Å²) in [7, 11) is 1.48. The van der Waals surface area contributed by atoms with E-state index >= 15 is 0 Å². The first-order valence-corrected chi connectivity index (χ1v) is 7.60. The van der Waals surface area contributed by atoms with Crippen molar-refractivity contribution in [2.24, 2.45) is 0 Å². The molecule has 126 valence electrons. The molecule has 0 aromatic heterocycles. The van der Waals surface area contributed by atoms with Crippen LogP contribution in [0.25, 0.3) is 0 Å². The minimum atomic E-state index is -0.836. The highest BCUT2D eigenvalue weighted by Crippen LogP contribution is 2.45. The first kappa shape index (κ1) is 17.1. The second-order valence-electron chi connectivity index (χ2n) is 6.78. The van der Waals surface area contributed by atoms with Crippen LogP contribution < -0.4 is 10.1 Å². The molecule has 2 N–H and O–H groups in total. The zero-order valence-corrected chi connectivity index (χ0v) is 13.9. The van der Waals surface area contributed by atoms with Crippen LogP contribution in [0.5, 0.6) is 5.75 Å². The molecule has 0 bridgehead atoms. The van der Waals surface area contributed by atoms with E-state index in [1.54, 1.807) is 39.0 Å². The summed E-state index contributed by atoms with van der Waals surface area (Å²) in [6.45, 7) is 5.33. The van der Waals surface area contributed by atoms with E-state index in [0.29, 0.717) is 29.8 Å². The highest BCUT2D eigenvalue weighted by atomic mass is 16.6. The molecule has 0 spiro atoms. The van der Waals surface area contributed by atoms with Crippen molar-refractivity contribution in [1.29, 1.82) is 0 Å². The van der Waals surface area contributed by atoms with E-state index in [1.807, 2.05) is 0 Å². The van der Waals surface area contributed by atoms with Gasteiger partial charge in [0.1, 0.15) is 11.4 Å². The lowest BCUT2D eigenvalue weighted by atomic mass is 9.64. The lowest BCUT2D eigenvalue weighted by Crippen LogP contribution is -2.42. The number of hydrogen-bond donors (Lipinski definition) is 2. The Hall–Kier alpha value is -2.24. The molecule has 0 aliphatic heterocycles. The second-order valence-corrected chi connectivity index (χ2v) is 6.78. The number of hydrogen-bond acceptors (Lipinski definition) is 4. The minimum absolute atomic E-state index is 0.417. The molecule has 0 unspecified atom stereocenters. The average molecular weight is 321 g/mol. The van der Waals surface area contributed by atoms with Crippen LogP contribution in [-0.4, -0.2) is 29.9 Å². The molecule has 2 rings (SSSR count). The monoisotopic (exact) mass is 321 g/mol. The van der Waals surface area contributed by atoms with Crippen LogP contribution in [0.1, 0.15) is 45.6 Å². The summed E-state index contributed by atoms with van der Waals surface area (Å²) < 4.78 is 10.5. The number of carboxylic acid groups (broad SMARTS) is 1. The quantitative estimate of drug-likeness (QED) is 0.886. The number of amides is 1. The predicted molar refractivity (Wildman–Crippen MR) is 86.0 cm³/mol. The number of carbonyl (C=O) groups excluding carboxylic acids is 1. The Bertz CT molecular complexity index is 614. The molecule has 1 aliphatic rings. The number of rotatable bonds is 4. The van der Waals surface area contributed by atoms with Crippen LogP contribution in [0.15, 0.2) is 18.2 Å². The molecule has 0 atom stereocenters. The number of carboxylic acids is 1. The van der Waals surface area contributed by atoms with E-state index in [-0.39, 0.29) is 0 Å². The van der Waals surface area contributed by atoms with Gasteiger partial charge in [0.05, 0.1) is 18.2 Å². The van der Waals surface area contributed by atoms with Gasteiger partial charge in [-0.1, -0.05) is 12.5 Å². The molecule has 0 radical (unpaired) electrons. The molecule has 6 heteroatoms. The number of carbonyl (C=O) groups is 2. The summed E-state index contributed by atoms with van der Waals surface area (Å²) in [6.07, 6.45) is 1.54. The summed E-state index contributed by atoms with van der Waals surface area (Å²) in [5.41, 5.74) is -0.290. The molecule has 0 heterocycles. The van der Waals surface area contributed by atoms with Gasteiger partial charge in [-0.15, -0.1) is 0 Å². The summed E-state index contributed by atoms with van der Waals surface area (Å²) in [4.78, 5) is 23.5. The van der Waals surface area contributed by atoms with Crippen LogP contribution in [0.2, 0.25) is 0 Å². The Morgan fingerprint density at radius 1 is 1.26 bits per heavy atom. The molecule has 0 saturated heterocycles. The first-order valence-electron chi connectivity index (χ1n) is 7.60. The SMILES string of the molecule is COc1cc(C2(C(=O)O)CCC2)ccc1NC(=O)OC(C)(C)C. The Balaban J connectivity index is 2.24. The van der Waals surface area contributed by atoms with Crippen molar-refractivity contribution in [2.45, 2.75) is 51.0 Å². The third-order valence-electron chi connectivity index (χ3n) is 4.01. The van der Waals surface area contributed by atoms with Crippen molar-refractivity contribution in [3.8, 4) is 5.75 Å². The number of aliphatic carboxylic acids is 1. The molecule has 6 nitrogen and oxygen atoms in total. The maximum absolute atomic E-state index is 11.9. The van der Waals surface area contributed by atoms with Crippen LogP contribution in [0.4, 0.5) is 10.5 Å². The Morgan fingerprint density at radius 3 is 2.35 bits per heavy atom. The summed E-state index contributed by atoms with van der Waals surface area (Å²) in [5, 5.41) is 12.1. The first-order chi connectivity index (χ1) is 10.7. The zero-order chi connectivity index (χ0) is 17.3. The molecule has 1 fully saturated rings. The Kier molecular flexibility index (Phi) is 4.54. The fourth-order valence-electron chi connectivity index (χ4n) is 2.66. The molecular formula is C17H23NO5. The van der Waals surface area contributed by atoms with Gasteiger partial charge in [0.15, 0.2) is 0 Å². The van der Waals surface area contributed by atoms with Crippen molar-refractivity contribution < 1.29 is 24.2 Å². The van der Waals surface area contributed by atoms with Crippen LogP contribution in [-0.2, 0) is 14.9 Å². The van der Waals surface area contributed by atoms with Crippen LogP contribution in [0, 0.1) is 0 Å². The topological polar surface area (TPSA) is 84.9 Å². The highest BCUT2D eigenvalue weighted by molar-refractivity contribution is 5.88. The largest absolute Gasteiger partial charge is 0.495 e. The van der Waals surface area contributed by atoms with Crippen molar-refractivity contribution in [3.63, 3.8) is 0 Å². The summed E-state index contributed by atoms with van der Waals surface area (Å²) in [5.74, 6) is -0.403. The van der Waals surface area contributed by atoms with Crippen molar-refractivity contribution in [3.05, 3.63) is 23.8 Å². The molecule has 1 amide bonds. The normalized spacial score (nSPS) is 16.2. The standard InChI is InChI=1S/C17H23NO5/c1-16(2,3)23-15(21)18-12-7-6-11(10-13(12)22-4)17(14(19)20)8-5-9-17/h6-7,10H,5,8-9H2,1-4H3,(H,18,21)(H,19,20). The van der Waals surface area contributed by atoms with Gasteiger partial charge in [0.2, 0.25) is 0 Å². The van der Waals surface area contributed by atoms with Crippen LogP contribution >= 0.6 is 0 Å². The van der Waals surface area contributed by atoms with Gasteiger partial charge in [0.25, 0.3) is 0 Å². The van der Waals surface area contributed by atoms with Gasteiger partial charge >= 0.3 is 12.1 Å². The molecule has 1 aromatic rings. The number of anilines is 1. The van der Waals surface area contributed by atoms with Crippen molar-refractivity contribution in [2.75, 3.05) is 12.4 Å². The Morgan fingerprint density at radius 2 is 1.91 bits per heavy atom. The van der Waals surface area contributed by atoms with Gasteiger partial charge in [-0.3, -0.25) is 10.1 Å². The molecular weight excluding hydrogens is 298 g/mol. The van der Waals surface area contributed by atoms with E-state index < -0.39 is 23.1 Å². The van der Waals surface area contributed by atoms with Crippen molar-refractivity contribution in [1.82, 2.24) is 0 Å². The van der Waals surface area contributed by atoms with E-state index in [2.05, 4.69) is 5.32 Å². The van der Waals surface area contributed by atoms with Gasteiger partial charge in [-0.2, -0.15) is 0 Å². The maximum Gasteiger partial charge on any atom is 0.412 e. The minimum Gasteiger partial charge on any atom is -0.495 e. The second kappa shape index (κ2) is 6.10. The average Bonchev–Trinajstić information content (AvgIpc) is 2.36. The highest BCUT2D eigenvalue weighted by Gasteiger charge is 2.46. The maximum atomic E-state index is 11.9. The summed E-state index contributed by atoms with van der Waals surface area (Å²) in [6, 6.07) is 5.06. The Labute approximate surface area is 135 Å². The third kappa shape index (κ3) is 3.57. The number of methoxy groups -OCH3 is 1. The van der Waals surface area contributed by atoms with Gasteiger partial charge in [-0.25, -0.2) is 4.79 Å². The van der Waals surface area contributed by atoms with E-state index in [0.717, 1.165) is 6.42 Å². The van der Waals surface area contributed by atoms with Gasteiger partial charge in [-0.05, 0) is 51.3 Å². The lowest BCUT2D eigenvalue weighted by Gasteiger charge is -2.38. The smallest absolute Gasteiger partial charge is 0.412 e. The van der Waals surface area contributed by atoms with Gasteiger partial charge in [0, 0.05) is 0 Å². The van der Waals surface area contributed by atoms with E-state index in [1.165, 1.54) is 7.11 Å². The fourth-order valence-corrected chi connectivity index (χ4v) is 2.66. The number of nitrogens with one attached hydrogen (secondary N) is 1.